The van der Waals surface area contributed by atoms with E-state index in [9.17, 15) is 13.2 Å². The maximum absolute atomic E-state index is 12.8. The highest BCUT2D eigenvalue weighted by atomic mass is 35.5. The van der Waals surface area contributed by atoms with E-state index in [4.69, 9.17) is 11.6 Å². The van der Waals surface area contributed by atoms with Crippen LogP contribution in [0.1, 0.15) is 30.1 Å². The zero-order valence-corrected chi connectivity index (χ0v) is 18.2. The van der Waals surface area contributed by atoms with E-state index in [0.717, 1.165) is 17.7 Å². The number of nitrogens with zero attached hydrogens (tertiary/aromatic N) is 1. The second-order valence-electron chi connectivity index (χ2n) is 6.93. The zero-order chi connectivity index (χ0) is 20.3. The maximum Gasteiger partial charge on any atom is 0.257 e. The number of hydrogen-bond donors (Lipinski definition) is 1. The molecule has 8 heteroatoms. The molecule has 1 atom stereocenters. The molecule has 1 N–H and O–H groups in total. The van der Waals surface area contributed by atoms with Gasteiger partial charge >= 0.3 is 0 Å². The summed E-state index contributed by atoms with van der Waals surface area (Å²) in [6, 6.07) is 11.5. The minimum Gasteiger partial charge on any atom is -0.322 e. The number of carbonyl (C=O) groups excluding carboxylic acids is 1. The lowest BCUT2D eigenvalue weighted by atomic mass is 10.0. The lowest BCUT2D eigenvalue weighted by molar-refractivity contribution is 0.102. The lowest BCUT2D eigenvalue weighted by Gasteiger charge is -2.30. The fraction of sp³-hybridized carbons (Fsp3) is 0.350. The van der Waals surface area contributed by atoms with E-state index >= 15 is 0 Å². The number of thioether (sulfide) groups is 1. The molecule has 150 valence electrons. The van der Waals surface area contributed by atoms with Crippen molar-refractivity contribution in [1.82, 2.24) is 4.31 Å². The Hall–Kier alpha value is -1.54. The van der Waals surface area contributed by atoms with Crippen molar-refractivity contribution in [3.63, 3.8) is 0 Å². The zero-order valence-electron chi connectivity index (χ0n) is 15.8. The third kappa shape index (κ3) is 4.71. The molecule has 1 aliphatic heterocycles. The molecule has 0 saturated carbocycles. The van der Waals surface area contributed by atoms with Crippen LogP contribution in [0.15, 0.2) is 52.3 Å². The number of hydrogen-bond acceptors (Lipinski definition) is 4. The fourth-order valence-electron chi connectivity index (χ4n) is 3.23. The second kappa shape index (κ2) is 8.86. The Balaban J connectivity index is 1.75. The molecular formula is C20H23ClN2O3S2. The van der Waals surface area contributed by atoms with E-state index in [0.29, 0.717) is 35.3 Å². The van der Waals surface area contributed by atoms with Gasteiger partial charge in [0, 0.05) is 23.7 Å². The summed E-state index contributed by atoms with van der Waals surface area (Å²) in [5.41, 5.74) is 0.897. The van der Waals surface area contributed by atoms with Crippen LogP contribution in [0.3, 0.4) is 0 Å². The molecule has 1 saturated heterocycles. The van der Waals surface area contributed by atoms with Gasteiger partial charge in [0.2, 0.25) is 10.0 Å². The van der Waals surface area contributed by atoms with Gasteiger partial charge in [-0.3, -0.25) is 4.79 Å². The van der Waals surface area contributed by atoms with Gasteiger partial charge in [-0.2, -0.15) is 4.31 Å². The minimum absolute atomic E-state index is 0.238. The molecule has 2 aromatic carbocycles. The maximum atomic E-state index is 12.8. The van der Waals surface area contributed by atoms with E-state index < -0.39 is 10.0 Å². The number of piperidine rings is 1. The third-order valence-corrected chi connectivity index (χ3v) is 7.72. The summed E-state index contributed by atoms with van der Waals surface area (Å²) >= 11 is 7.67. The predicted molar refractivity (Wildman–Crippen MR) is 115 cm³/mol. The van der Waals surface area contributed by atoms with Gasteiger partial charge in [0.15, 0.2) is 0 Å². The number of anilines is 1. The number of benzene rings is 2. The second-order valence-corrected chi connectivity index (χ2v) is 10.2. The number of nitrogens with one attached hydrogen (secondary N) is 1. The van der Waals surface area contributed by atoms with Gasteiger partial charge in [-0.1, -0.05) is 18.5 Å². The van der Waals surface area contributed by atoms with Crippen molar-refractivity contribution in [2.45, 2.75) is 29.6 Å². The molecule has 0 bridgehead atoms. The van der Waals surface area contributed by atoms with E-state index in [1.165, 1.54) is 23.9 Å². The van der Waals surface area contributed by atoms with E-state index in [1.807, 2.05) is 12.3 Å². The minimum atomic E-state index is -3.51. The van der Waals surface area contributed by atoms with Gasteiger partial charge in [0.25, 0.3) is 5.91 Å². The highest BCUT2D eigenvalue weighted by Crippen LogP contribution is 2.26. The summed E-state index contributed by atoms with van der Waals surface area (Å²) in [5.74, 6) is 0.0326. The number of amides is 1. The van der Waals surface area contributed by atoms with Crippen LogP contribution < -0.4 is 5.32 Å². The number of rotatable bonds is 5. The Kier molecular flexibility index (Phi) is 6.70. The normalized spacial score (nSPS) is 18.0. The fourth-order valence-corrected chi connectivity index (χ4v) is 5.47. The third-order valence-electron chi connectivity index (χ3n) is 4.79. The van der Waals surface area contributed by atoms with Crippen molar-refractivity contribution in [2.75, 3.05) is 24.7 Å². The van der Waals surface area contributed by atoms with Gasteiger partial charge < -0.3 is 5.32 Å². The molecule has 1 unspecified atom stereocenters. The number of halogens is 1. The van der Waals surface area contributed by atoms with Crippen LogP contribution in [0.25, 0.3) is 0 Å². The van der Waals surface area contributed by atoms with Gasteiger partial charge in [-0.15, -0.1) is 11.8 Å². The molecule has 1 fully saturated rings. The van der Waals surface area contributed by atoms with Gasteiger partial charge in [0.05, 0.1) is 15.5 Å². The number of sulfonamides is 1. The van der Waals surface area contributed by atoms with E-state index in [2.05, 4.69) is 12.2 Å². The van der Waals surface area contributed by atoms with Crippen LogP contribution in [0.5, 0.6) is 0 Å². The molecule has 28 heavy (non-hydrogen) atoms. The summed E-state index contributed by atoms with van der Waals surface area (Å²) in [4.78, 5) is 13.7. The van der Waals surface area contributed by atoms with Crippen LogP contribution in [-0.2, 0) is 10.0 Å². The predicted octanol–water partition coefficient (Wildman–Crippen LogP) is 4.73. The summed E-state index contributed by atoms with van der Waals surface area (Å²) in [6.45, 7) is 3.16. The topological polar surface area (TPSA) is 66.5 Å². The lowest BCUT2D eigenvalue weighted by Crippen LogP contribution is -2.39. The Morgan fingerprint density at radius 2 is 1.93 bits per heavy atom. The summed E-state index contributed by atoms with van der Waals surface area (Å²) in [5, 5.41) is 3.14. The molecule has 2 aromatic rings. The van der Waals surface area contributed by atoms with Gasteiger partial charge in [-0.25, -0.2) is 8.42 Å². The van der Waals surface area contributed by atoms with Crippen LogP contribution in [-0.4, -0.2) is 38.0 Å². The van der Waals surface area contributed by atoms with E-state index in [-0.39, 0.29) is 10.8 Å². The van der Waals surface area contributed by atoms with Crippen LogP contribution in [0.4, 0.5) is 5.69 Å². The average Bonchev–Trinajstić information content (AvgIpc) is 2.68. The summed E-state index contributed by atoms with van der Waals surface area (Å²) in [6.07, 6.45) is 3.86. The molecule has 3 rings (SSSR count). The molecule has 0 aliphatic carbocycles. The Bertz CT molecular complexity index is 962. The van der Waals surface area contributed by atoms with E-state index in [1.54, 1.807) is 28.6 Å². The Labute approximate surface area is 175 Å². The quantitative estimate of drug-likeness (QED) is 0.685. The molecule has 1 aliphatic rings. The molecule has 1 heterocycles. The largest absolute Gasteiger partial charge is 0.322 e. The first kappa shape index (κ1) is 21.2. The number of carbonyl (C=O) groups is 1. The van der Waals surface area contributed by atoms with Crippen molar-refractivity contribution in [2.24, 2.45) is 5.92 Å². The monoisotopic (exact) mass is 438 g/mol. The standard InChI is InChI=1S/C20H23ClN2O3S2/c1-14-4-3-11-23(13-14)28(25,26)17-8-5-15(6-9-17)22-20(24)18-12-16(27-2)7-10-19(18)21/h5-10,12,14H,3-4,11,13H2,1-2H3,(H,22,24). The molecule has 0 aromatic heterocycles. The van der Waals surface area contributed by atoms with Crippen LogP contribution in [0.2, 0.25) is 5.02 Å². The molecular weight excluding hydrogens is 416 g/mol. The Morgan fingerprint density at radius 1 is 1.21 bits per heavy atom. The molecule has 0 spiro atoms. The van der Waals surface area contributed by atoms with Crippen LogP contribution in [0, 0.1) is 5.92 Å². The molecule has 1 amide bonds. The van der Waals surface area contributed by atoms with Crippen molar-refractivity contribution in [1.29, 1.82) is 0 Å². The van der Waals surface area contributed by atoms with Crippen LogP contribution >= 0.6 is 23.4 Å². The van der Waals surface area contributed by atoms with Crippen molar-refractivity contribution >= 4 is 45.0 Å². The first-order chi connectivity index (χ1) is 13.3. The summed E-state index contributed by atoms with van der Waals surface area (Å²) < 4.78 is 27.2. The highest BCUT2D eigenvalue weighted by Gasteiger charge is 2.28. The Morgan fingerprint density at radius 3 is 2.57 bits per heavy atom. The first-order valence-corrected chi connectivity index (χ1v) is 12.1. The highest BCUT2D eigenvalue weighted by molar-refractivity contribution is 7.98. The average molecular weight is 439 g/mol. The van der Waals surface area contributed by atoms with Crippen molar-refractivity contribution in [3.05, 3.63) is 53.1 Å². The molecule has 0 radical (unpaired) electrons. The first-order valence-electron chi connectivity index (χ1n) is 9.06. The SMILES string of the molecule is CSc1ccc(Cl)c(C(=O)Nc2ccc(S(=O)(=O)N3CCCC(C)C3)cc2)c1. The van der Waals surface area contributed by atoms with Crippen molar-refractivity contribution < 1.29 is 13.2 Å². The van der Waals surface area contributed by atoms with Crippen molar-refractivity contribution in [3.8, 4) is 0 Å². The van der Waals surface area contributed by atoms with Gasteiger partial charge in [-0.05, 0) is 67.5 Å². The van der Waals surface area contributed by atoms with Gasteiger partial charge in [0.1, 0.15) is 0 Å². The summed E-state index contributed by atoms with van der Waals surface area (Å²) in [7, 11) is -3.51. The smallest absolute Gasteiger partial charge is 0.257 e. The molecule has 5 nitrogen and oxygen atoms in total.